The number of hydrogen-bond donors (Lipinski definition) is 1. The second-order valence-corrected chi connectivity index (χ2v) is 8.68. The monoisotopic (exact) mass is 483 g/mol. The van der Waals surface area contributed by atoms with Gasteiger partial charge in [-0.3, -0.25) is 14.5 Å². The quantitative estimate of drug-likeness (QED) is 0.548. The average molecular weight is 484 g/mol. The van der Waals surface area contributed by atoms with Gasteiger partial charge in [0.15, 0.2) is 5.17 Å². The zero-order chi connectivity index (χ0) is 24.5. The molecule has 0 bridgehead atoms. The maximum atomic E-state index is 13.0. The third kappa shape index (κ3) is 6.60. The predicted molar refractivity (Wildman–Crippen MR) is 133 cm³/mol. The highest BCUT2D eigenvalue weighted by atomic mass is 32.2. The van der Waals surface area contributed by atoms with E-state index in [2.05, 4.69) is 10.3 Å². The second kappa shape index (κ2) is 12.2. The van der Waals surface area contributed by atoms with E-state index in [9.17, 15) is 14.4 Å². The van der Waals surface area contributed by atoms with Crippen molar-refractivity contribution in [1.82, 2.24) is 10.2 Å². The van der Waals surface area contributed by atoms with E-state index < -0.39 is 11.2 Å². The number of carbonyl (C=O) groups excluding carboxylic acids is 3. The van der Waals surface area contributed by atoms with Crippen LogP contribution < -0.4 is 10.1 Å². The van der Waals surface area contributed by atoms with Crippen LogP contribution in [0.5, 0.6) is 5.75 Å². The minimum Gasteiger partial charge on any atom is -0.497 e. The van der Waals surface area contributed by atoms with Gasteiger partial charge in [-0.05, 0) is 62.2 Å². The van der Waals surface area contributed by atoms with Gasteiger partial charge in [0.2, 0.25) is 11.8 Å². The van der Waals surface area contributed by atoms with Gasteiger partial charge in [-0.2, -0.15) is 0 Å². The van der Waals surface area contributed by atoms with Gasteiger partial charge in [0.05, 0.1) is 30.2 Å². The van der Waals surface area contributed by atoms with Crippen LogP contribution in [0.2, 0.25) is 0 Å². The van der Waals surface area contributed by atoms with Crippen LogP contribution in [0.3, 0.4) is 0 Å². The highest BCUT2D eigenvalue weighted by molar-refractivity contribution is 8.15. The maximum Gasteiger partial charge on any atom is 0.338 e. The Hall–Kier alpha value is -3.33. The first-order valence-corrected chi connectivity index (χ1v) is 12.1. The minimum atomic E-state index is -0.540. The van der Waals surface area contributed by atoms with Crippen LogP contribution in [0.25, 0.3) is 0 Å². The van der Waals surface area contributed by atoms with Crippen LogP contribution in [0, 0.1) is 0 Å². The van der Waals surface area contributed by atoms with Crippen molar-refractivity contribution < 1.29 is 23.9 Å². The molecule has 0 aliphatic carbocycles. The molecule has 8 nitrogen and oxygen atoms in total. The molecule has 1 unspecified atom stereocenters. The Morgan fingerprint density at radius 1 is 1.12 bits per heavy atom. The molecular weight excluding hydrogens is 454 g/mol. The van der Waals surface area contributed by atoms with E-state index in [1.807, 2.05) is 31.2 Å². The molecule has 0 aromatic heterocycles. The molecule has 0 spiro atoms. The molecule has 1 heterocycles. The molecule has 2 aromatic carbocycles. The summed E-state index contributed by atoms with van der Waals surface area (Å²) in [4.78, 5) is 43.7. The van der Waals surface area contributed by atoms with Crippen LogP contribution in [0.1, 0.15) is 36.2 Å². The Morgan fingerprint density at radius 3 is 2.44 bits per heavy atom. The van der Waals surface area contributed by atoms with Crippen molar-refractivity contribution in [3.05, 3.63) is 59.7 Å². The van der Waals surface area contributed by atoms with Gasteiger partial charge in [0.25, 0.3) is 0 Å². The number of amides is 2. The molecule has 1 N–H and O–H groups in total. The third-order valence-electron chi connectivity index (χ3n) is 5.17. The fraction of sp³-hybridized carbons (Fsp3) is 0.360. The van der Waals surface area contributed by atoms with E-state index in [0.717, 1.165) is 11.3 Å². The number of benzene rings is 2. The summed E-state index contributed by atoms with van der Waals surface area (Å²) in [6.45, 7) is 4.81. The zero-order valence-electron chi connectivity index (χ0n) is 19.6. The Morgan fingerprint density at radius 2 is 1.82 bits per heavy atom. The Kier molecular flexibility index (Phi) is 9.09. The predicted octanol–water partition coefficient (Wildman–Crippen LogP) is 3.57. The molecule has 1 aliphatic rings. The number of aliphatic imine (C=N–C) groups is 1. The Balaban J connectivity index is 1.82. The van der Waals surface area contributed by atoms with Crippen LogP contribution >= 0.6 is 11.8 Å². The van der Waals surface area contributed by atoms with Crippen molar-refractivity contribution >= 4 is 40.4 Å². The summed E-state index contributed by atoms with van der Waals surface area (Å²) in [7, 11) is 1.62. The number of nitrogens with one attached hydrogen (secondary N) is 1. The van der Waals surface area contributed by atoms with Crippen LogP contribution in [0.4, 0.5) is 5.69 Å². The molecule has 1 aliphatic heterocycles. The van der Waals surface area contributed by atoms with Gasteiger partial charge in [0.1, 0.15) is 5.75 Å². The van der Waals surface area contributed by atoms with Crippen LogP contribution in [-0.2, 0) is 20.7 Å². The Bertz CT molecular complexity index is 1040. The fourth-order valence-corrected chi connectivity index (χ4v) is 4.53. The fourth-order valence-electron chi connectivity index (χ4n) is 3.38. The van der Waals surface area contributed by atoms with Gasteiger partial charge in [-0.15, -0.1) is 0 Å². The number of rotatable bonds is 9. The second-order valence-electron chi connectivity index (χ2n) is 7.51. The summed E-state index contributed by atoms with van der Waals surface area (Å²) in [5, 5.41) is 2.71. The van der Waals surface area contributed by atoms with Gasteiger partial charge < -0.3 is 14.8 Å². The van der Waals surface area contributed by atoms with Crippen molar-refractivity contribution in [2.24, 2.45) is 4.99 Å². The third-order valence-corrected chi connectivity index (χ3v) is 6.36. The highest BCUT2D eigenvalue weighted by Gasteiger charge is 2.35. The Labute approximate surface area is 203 Å². The lowest BCUT2D eigenvalue weighted by Gasteiger charge is -2.31. The summed E-state index contributed by atoms with van der Waals surface area (Å²) >= 11 is 1.28. The lowest BCUT2D eigenvalue weighted by molar-refractivity contribution is -0.130. The topological polar surface area (TPSA) is 97.3 Å². The molecule has 0 radical (unpaired) electrons. The molecule has 1 fully saturated rings. The number of ether oxygens (including phenoxy) is 2. The SMILES string of the molecule is CCNC(=O)C1CC(=O)N(CCc2ccc(OC)cc2)C(=Nc2ccc(C(=O)OCC)cc2)S1. The van der Waals surface area contributed by atoms with Crippen molar-refractivity contribution in [1.29, 1.82) is 0 Å². The number of thioether (sulfide) groups is 1. The summed E-state index contributed by atoms with van der Waals surface area (Å²) in [6, 6.07) is 14.3. The molecular formula is C25H29N3O5S. The van der Waals surface area contributed by atoms with E-state index >= 15 is 0 Å². The largest absolute Gasteiger partial charge is 0.497 e. The highest BCUT2D eigenvalue weighted by Crippen LogP contribution is 2.29. The van der Waals surface area contributed by atoms with E-state index in [0.29, 0.717) is 42.5 Å². The molecule has 1 saturated heterocycles. The summed E-state index contributed by atoms with van der Waals surface area (Å²) in [5.74, 6) is 0.0411. The first-order chi connectivity index (χ1) is 16.4. The van der Waals surface area contributed by atoms with Crippen LogP contribution in [0.15, 0.2) is 53.5 Å². The summed E-state index contributed by atoms with van der Waals surface area (Å²) in [5.41, 5.74) is 2.06. The molecule has 34 heavy (non-hydrogen) atoms. The number of amidine groups is 1. The van der Waals surface area contributed by atoms with Crippen molar-refractivity contribution in [2.45, 2.75) is 31.9 Å². The first kappa shape index (κ1) is 25.3. The molecule has 3 rings (SSSR count). The molecule has 180 valence electrons. The van der Waals surface area contributed by atoms with E-state index in [1.165, 1.54) is 11.8 Å². The number of methoxy groups -OCH3 is 1. The molecule has 9 heteroatoms. The van der Waals surface area contributed by atoms with Crippen molar-refractivity contribution in [2.75, 3.05) is 26.8 Å². The smallest absolute Gasteiger partial charge is 0.338 e. The number of esters is 1. The van der Waals surface area contributed by atoms with Gasteiger partial charge >= 0.3 is 5.97 Å². The molecule has 0 saturated carbocycles. The van der Waals surface area contributed by atoms with Crippen LogP contribution in [-0.4, -0.2) is 59.9 Å². The number of nitrogens with zero attached hydrogens (tertiary/aromatic N) is 2. The molecule has 2 amide bonds. The normalized spacial score (nSPS) is 16.9. The van der Waals surface area contributed by atoms with E-state index in [1.54, 1.807) is 43.2 Å². The van der Waals surface area contributed by atoms with Crippen molar-refractivity contribution in [3.63, 3.8) is 0 Å². The summed E-state index contributed by atoms with van der Waals surface area (Å²) < 4.78 is 10.2. The van der Waals surface area contributed by atoms with Gasteiger partial charge in [-0.1, -0.05) is 23.9 Å². The molecule has 1 atom stereocenters. The first-order valence-electron chi connectivity index (χ1n) is 11.2. The maximum absolute atomic E-state index is 13.0. The summed E-state index contributed by atoms with van der Waals surface area (Å²) in [6.07, 6.45) is 0.739. The number of carbonyl (C=O) groups is 3. The van der Waals surface area contributed by atoms with Gasteiger partial charge in [-0.25, -0.2) is 9.79 Å². The standard InChI is InChI=1S/C25H29N3O5S/c1-4-26-23(30)21-16-22(29)28(15-14-17-6-12-20(32-3)13-7-17)25(34-21)27-19-10-8-18(9-11-19)24(31)33-5-2/h6-13,21H,4-5,14-16H2,1-3H3,(H,26,30). The lowest BCUT2D eigenvalue weighted by Crippen LogP contribution is -2.47. The lowest BCUT2D eigenvalue weighted by atomic mass is 10.1. The van der Waals surface area contributed by atoms with Crippen molar-refractivity contribution in [3.8, 4) is 5.75 Å². The zero-order valence-corrected chi connectivity index (χ0v) is 20.4. The minimum absolute atomic E-state index is 0.111. The van der Waals surface area contributed by atoms with Gasteiger partial charge in [0, 0.05) is 19.5 Å². The molecule has 2 aromatic rings. The van der Waals surface area contributed by atoms with E-state index in [4.69, 9.17) is 9.47 Å². The number of hydrogen-bond acceptors (Lipinski definition) is 7. The average Bonchev–Trinajstić information content (AvgIpc) is 2.84. The van der Waals surface area contributed by atoms with E-state index in [-0.39, 0.29) is 18.2 Å².